The highest BCUT2D eigenvalue weighted by atomic mass is 16.5. The summed E-state index contributed by atoms with van der Waals surface area (Å²) in [6, 6.07) is 0. The molecule has 0 aliphatic carbocycles. The lowest BCUT2D eigenvalue weighted by atomic mass is 10.5. The van der Waals surface area contributed by atoms with Crippen LogP contribution in [0.4, 0.5) is 0 Å². The molecule has 68 valence electrons. The lowest BCUT2D eigenvalue weighted by Gasteiger charge is -1.87. The van der Waals surface area contributed by atoms with Gasteiger partial charge in [-0.15, -0.1) is 10.2 Å². The summed E-state index contributed by atoms with van der Waals surface area (Å²) >= 11 is 0. The number of ether oxygens (including phenoxy) is 1. The van der Waals surface area contributed by atoms with Crippen molar-refractivity contribution in [2.75, 3.05) is 7.11 Å². The summed E-state index contributed by atoms with van der Waals surface area (Å²) in [7, 11) is 1.56. The predicted molar refractivity (Wildman–Crippen MR) is 40.5 cm³/mol. The molecule has 0 saturated carbocycles. The molecule has 13 heavy (non-hydrogen) atoms. The second kappa shape index (κ2) is 3.36. The average Bonchev–Trinajstić information content (AvgIpc) is 2.70. The maximum Gasteiger partial charge on any atom is 0.269 e. The van der Waals surface area contributed by atoms with Crippen molar-refractivity contribution < 1.29 is 13.6 Å². The summed E-state index contributed by atoms with van der Waals surface area (Å²) in [4.78, 5) is 3.86. The van der Waals surface area contributed by atoms with E-state index in [9.17, 15) is 0 Å². The van der Waals surface area contributed by atoms with Crippen LogP contribution in [0.3, 0.4) is 0 Å². The summed E-state index contributed by atoms with van der Waals surface area (Å²) in [5.41, 5.74) is 0.523. The molecule has 2 heterocycles. The molecule has 0 fully saturated rings. The van der Waals surface area contributed by atoms with Gasteiger partial charge in [-0.05, 0) is 0 Å². The number of nitrogens with zero attached hydrogens (tertiary/aromatic N) is 3. The third-order valence-electron chi connectivity index (χ3n) is 1.39. The first-order valence-electron chi connectivity index (χ1n) is 3.60. The molecule has 0 N–H and O–H groups in total. The summed E-state index contributed by atoms with van der Waals surface area (Å²) in [5.74, 6) is 0.751. The second-order valence-electron chi connectivity index (χ2n) is 2.31. The molecule has 2 aromatic rings. The Bertz CT molecular complexity index is 368. The zero-order chi connectivity index (χ0) is 9.10. The van der Waals surface area contributed by atoms with Crippen molar-refractivity contribution in [2.45, 2.75) is 6.61 Å². The Kier molecular flexibility index (Phi) is 2.05. The largest absolute Gasteiger partial charge is 0.451 e. The van der Waals surface area contributed by atoms with Crippen LogP contribution in [0.25, 0.3) is 11.6 Å². The molecule has 0 atom stereocenters. The fraction of sp³-hybridized carbons (Fsp3) is 0.286. The van der Waals surface area contributed by atoms with Gasteiger partial charge >= 0.3 is 0 Å². The van der Waals surface area contributed by atoms with Crippen LogP contribution < -0.4 is 0 Å². The number of rotatable bonds is 3. The number of aromatic nitrogens is 3. The maximum atomic E-state index is 5.20. The number of oxazole rings is 1. The monoisotopic (exact) mass is 181 g/mol. The van der Waals surface area contributed by atoms with Crippen molar-refractivity contribution in [3.8, 4) is 11.6 Å². The van der Waals surface area contributed by atoms with E-state index >= 15 is 0 Å². The Morgan fingerprint density at radius 3 is 3.08 bits per heavy atom. The van der Waals surface area contributed by atoms with Crippen LogP contribution in [0, 0.1) is 0 Å². The Hall–Kier alpha value is -1.69. The lowest BCUT2D eigenvalue weighted by molar-refractivity contribution is 0.160. The minimum Gasteiger partial charge on any atom is -0.451 e. The van der Waals surface area contributed by atoms with Crippen molar-refractivity contribution in [3.05, 3.63) is 18.5 Å². The average molecular weight is 181 g/mol. The molecular formula is C7H7N3O3. The van der Waals surface area contributed by atoms with Crippen LogP contribution in [0.15, 0.2) is 21.5 Å². The Balaban J connectivity index is 2.23. The van der Waals surface area contributed by atoms with Gasteiger partial charge in [-0.3, -0.25) is 0 Å². The van der Waals surface area contributed by atoms with Gasteiger partial charge < -0.3 is 13.6 Å². The standard InChI is InChI=1S/C7H7N3O3/c1-11-3-6-9-10-7(13-6)5-2-12-4-8-5/h2,4H,3H2,1H3. The van der Waals surface area contributed by atoms with Crippen molar-refractivity contribution in [1.29, 1.82) is 0 Å². The van der Waals surface area contributed by atoms with Gasteiger partial charge in [0.2, 0.25) is 5.89 Å². The first kappa shape index (κ1) is 7.93. The molecule has 2 rings (SSSR count). The molecule has 0 aromatic carbocycles. The van der Waals surface area contributed by atoms with E-state index in [-0.39, 0.29) is 0 Å². The molecule has 0 radical (unpaired) electrons. The summed E-state index contributed by atoms with van der Waals surface area (Å²) in [6.45, 7) is 0.296. The number of hydrogen-bond donors (Lipinski definition) is 0. The van der Waals surface area contributed by atoms with Crippen LogP contribution in [0.2, 0.25) is 0 Å². The van der Waals surface area contributed by atoms with Gasteiger partial charge in [0.05, 0.1) is 0 Å². The smallest absolute Gasteiger partial charge is 0.269 e. The normalized spacial score (nSPS) is 10.5. The minimum absolute atomic E-state index is 0.296. The van der Waals surface area contributed by atoms with Crippen molar-refractivity contribution >= 4 is 0 Å². The van der Waals surface area contributed by atoms with Crippen molar-refractivity contribution in [2.24, 2.45) is 0 Å². The maximum absolute atomic E-state index is 5.20. The molecular weight excluding hydrogens is 174 g/mol. The van der Waals surface area contributed by atoms with Crippen LogP contribution in [0.1, 0.15) is 5.89 Å². The summed E-state index contributed by atoms with van der Waals surface area (Å²) in [5, 5.41) is 7.50. The van der Waals surface area contributed by atoms with E-state index in [2.05, 4.69) is 15.2 Å². The van der Waals surface area contributed by atoms with Gasteiger partial charge in [0.15, 0.2) is 12.1 Å². The van der Waals surface area contributed by atoms with E-state index in [4.69, 9.17) is 13.6 Å². The summed E-state index contributed by atoms with van der Waals surface area (Å²) in [6.07, 6.45) is 2.74. The van der Waals surface area contributed by atoms with Gasteiger partial charge in [0.25, 0.3) is 5.89 Å². The molecule has 6 nitrogen and oxygen atoms in total. The third kappa shape index (κ3) is 1.57. The van der Waals surface area contributed by atoms with Crippen LogP contribution in [0.5, 0.6) is 0 Å². The molecule has 0 unspecified atom stereocenters. The van der Waals surface area contributed by atoms with Crippen molar-refractivity contribution in [1.82, 2.24) is 15.2 Å². The second-order valence-corrected chi connectivity index (χ2v) is 2.31. The van der Waals surface area contributed by atoms with Gasteiger partial charge in [-0.1, -0.05) is 0 Å². The van der Waals surface area contributed by atoms with Crippen LogP contribution in [-0.2, 0) is 11.3 Å². The van der Waals surface area contributed by atoms with Crippen LogP contribution in [-0.4, -0.2) is 22.3 Å². The Morgan fingerprint density at radius 2 is 2.38 bits per heavy atom. The third-order valence-corrected chi connectivity index (χ3v) is 1.39. The minimum atomic E-state index is 0.296. The van der Waals surface area contributed by atoms with Crippen LogP contribution >= 0.6 is 0 Å². The molecule has 0 saturated heterocycles. The van der Waals surface area contributed by atoms with E-state index < -0.39 is 0 Å². The van der Waals surface area contributed by atoms with E-state index in [0.29, 0.717) is 24.1 Å². The highest BCUT2D eigenvalue weighted by Gasteiger charge is 2.09. The molecule has 0 aliphatic rings. The SMILES string of the molecule is COCc1nnc(-c2cocn2)o1. The van der Waals surface area contributed by atoms with E-state index in [1.165, 1.54) is 12.7 Å². The van der Waals surface area contributed by atoms with Gasteiger partial charge in [-0.25, -0.2) is 4.98 Å². The Morgan fingerprint density at radius 1 is 1.46 bits per heavy atom. The van der Waals surface area contributed by atoms with Crippen molar-refractivity contribution in [3.63, 3.8) is 0 Å². The molecule has 0 bridgehead atoms. The quantitative estimate of drug-likeness (QED) is 0.699. The lowest BCUT2D eigenvalue weighted by Crippen LogP contribution is -1.85. The van der Waals surface area contributed by atoms with Gasteiger partial charge in [0.1, 0.15) is 12.9 Å². The first-order chi connectivity index (χ1) is 6.40. The topological polar surface area (TPSA) is 74.2 Å². The molecule has 2 aromatic heterocycles. The number of methoxy groups -OCH3 is 1. The molecule has 0 spiro atoms. The molecule has 0 aliphatic heterocycles. The summed E-state index contributed by atoms with van der Waals surface area (Å²) < 4.78 is 14.8. The fourth-order valence-electron chi connectivity index (χ4n) is 0.857. The van der Waals surface area contributed by atoms with Gasteiger partial charge in [-0.2, -0.15) is 0 Å². The molecule has 0 amide bonds. The van der Waals surface area contributed by atoms with Gasteiger partial charge in [0, 0.05) is 7.11 Å². The predicted octanol–water partition coefficient (Wildman–Crippen LogP) is 0.871. The highest BCUT2D eigenvalue weighted by molar-refractivity contribution is 5.42. The molecule has 6 heteroatoms. The zero-order valence-electron chi connectivity index (χ0n) is 6.93. The van der Waals surface area contributed by atoms with E-state index in [1.807, 2.05) is 0 Å². The highest BCUT2D eigenvalue weighted by Crippen LogP contribution is 2.14. The van der Waals surface area contributed by atoms with E-state index in [1.54, 1.807) is 7.11 Å². The Labute approximate surface area is 73.5 Å². The zero-order valence-corrected chi connectivity index (χ0v) is 6.93. The fourth-order valence-corrected chi connectivity index (χ4v) is 0.857. The van der Waals surface area contributed by atoms with E-state index in [0.717, 1.165) is 0 Å². The first-order valence-corrected chi connectivity index (χ1v) is 3.60. The number of hydrogen-bond acceptors (Lipinski definition) is 6.